The number of allylic oxidation sites excluding steroid dienone is 2. The summed E-state index contributed by atoms with van der Waals surface area (Å²) in [5, 5.41) is 15.4. The van der Waals surface area contributed by atoms with Gasteiger partial charge in [0.05, 0.1) is 11.9 Å². The third kappa shape index (κ3) is 3.55. The largest absolute Gasteiger partial charge is 0.364 e. The van der Waals surface area contributed by atoms with E-state index in [0.717, 1.165) is 55.2 Å². The van der Waals surface area contributed by atoms with Crippen molar-refractivity contribution in [3.63, 3.8) is 0 Å². The van der Waals surface area contributed by atoms with Gasteiger partial charge in [0, 0.05) is 75.7 Å². The lowest BCUT2D eigenvalue weighted by atomic mass is 9.96. The zero-order chi connectivity index (χ0) is 20.4. The number of nitrogens with one attached hydrogen (secondary N) is 2. The number of hydrogen-bond acceptors (Lipinski definition) is 6. The first-order chi connectivity index (χ1) is 14.7. The number of nitrogens with zero attached hydrogens (tertiary/aromatic N) is 6. The summed E-state index contributed by atoms with van der Waals surface area (Å²) in [5.74, 6) is 0. The first-order valence-corrected chi connectivity index (χ1v) is 10.3. The summed E-state index contributed by atoms with van der Waals surface area (Å²) in [6.45, 7) is 4.74. The molecule has 0 saturated carbocycles. The predicted molar refractivity (Wildman–Crippen MR) is 115 cm³/mol. The van der Waals surface area contributed by atoms with Crippen LogP contribution in [0.5, 0.6) is 0 Å². The summed E-state index contributed by atoms with van der Waals surface area (Å²) in [6, 6.07) is 8.20. The maximum absolute atomic E-state index is 4.75. The van der Waals surface area contributed by atoms with E-state index >= 15 is 0 Å². The first kappa shape index (κ1) is 18.8. The van der Waals surface area contributed by atoms with E-state index in [9.17, 15) is 0 Å². The molecule has 0 amide bonds. The molecule has 1 saturated heterocycles. The lowest BCUT2D eigenvalue weighted by Gasteiger charge is -2.46. The number of rotatable bonds is 5. The molecule has 0 aliphatic carbocycles. The highest BCUT2D eigenvalue weighted by molar-refractivity contribution is 5.74. The van der Waals surface area contributed by atoms with Crippen LogP contribution in [-0.2, 0) is 19.3 Å². The standard InChI is InChI=1S/C22H26N8/c1-28-9-6-21(27-28)22(7-5-18(14-24-22)19-15-25-26-16-19)30-12-10-29(11-13-30)17-20-4-2-3-8-23-20/h2-9,14-16,24H,10-13,17H2,1H3,(H,25,26). The van der Waals surface area contributed by atoms with E-state index in [-0.39, 0.29) is 0 Å². The number of H-pyrrole nitrogens is 1. The monoisotopic (exact) mass is 402 g/mol. The molecule has 2 N–H and O–H groups in total. The van der Waals surface area contributed by atoms with Gasteiger partial charge in [-0.3, -0.25) is 24.6 Å². The van der Waals surface area contributed by atoms with Gasteiger partial charge in [-0.25, -0.2) is 0 Å². The van der Waals surface area contributed by atoms with Gasteiger partial charge in [0.2, 0.25) is 0 Å². The van der Waals surface area contributed by atoms with Gasteiger partial charge in [-0.1, -0.05) is 12.1 Å². The smallest absolute Gasteiger partial charge is 0.156 e. The number of aromatic nitrogens is 5. The number of hydrogen-bond donors (Lipinski definition) is 2. The lowest BCUT2D eigenvalue weighted by Crippen LogP contribution is -2.60. The SMILES string of the molecule is Cn1ccc(C2(N3CCN(Cc4ccccn4)CC3)C=CC(c3cn[nH]c3)=CN2)n1. The van der Waals surface area contributed by atoms with E-state index in [1.165, 1.54) is 0 Å². The Morgan fingerprint density at radius 1 is 1.13 bits per heavy atom. The highest BCUT2D eigenvalue weighted by atomic mass is 15.4. The van der Waals surface area contributed by atoms with Gasteiger partial charge in [0.15, 0.2) is 5.66 Å². The summed E-state index contributed by atoms with van der Waals surface area (Å²) < 4.78 is 1.86. The third-order valence-corrected chi connectivity index (χ3v) is 5.87. The Hall–Kier alpha value is -3.23. The lowest BCUT2D eigenvalue weighted by molar-refractivity contribution is 0.0381. The third-order valence-electron chi connectivity index (χ3n) is 5.87. The van der Waals surface area contributed by atoms with Crippen molar-refractivity contribution in [2.24, 2.45) is 7.05 Å². The second-order valence-corrected chi connectivity index (χ2v) is 7.79. The molecule has 2 aliphatic rings. The minimum atomic E-state index is -0.453. The average molecular weight is 403 g/mol. The molecule has 0 aromatic carbocycles. The molecule has 3 aromatic heterocycles. The molecule has 5 rings (SSSR count). The van der Waals surface area contributed by atoms with E-state index in [0.29, 0.717) is 0 Å². The zero-order valence-corrected chi connectivity index (χ0v) is 17.1. The van der Waals surface area contributed by atoms with E-state index in [1.54, 1.807) is 0 Å². The average Bonchev–Trinajstić information content (AvgIpc) is 3.47. The summed E-state index contributed by atoms with van der Waals surface area (Å²) >= 11 is 0. The van der Waals surface area contributed by atoms with Crippen LogP contribution in [-0.4, -0.2) is 60.9 Å². The Balaban J connectivity index is 1.35. The van der Waals surface area contributed by atoms with Crippen molar-refractivity contribution in [3.05, 3.63) is 84.4 Å². The van der Waals surface area contributed by atoms with Crippen molar-refractivity contribution in [1.82, 2.24) is 40.1 Å². The highest BCUT2D eigenvalue weighted by Crippen LogP contribution is 2.32. The Kier molecular flexibility index (Phi) is 4.94. The number of aromatic amines is 1. The second kappa shape index (κ2) is 7.89. The van der Waals surface area contributed by atoms with Crippen molar-refractivity contribution in [1.29, 1.82) is 0 Å². The molecule has 0 bridgehead atoms. The molecule has 8 nitrogen and oxygen atoms in total. The number of dihydropyridines is 1. The molecule has 3 aromatic rings. The molecule has 1 fully saturated rings. The molecular formula is C22H26N8. The van der Waals surface area contributed by atoms with Gasteiger partial charge < -0.3 is 5.32 Å². The normalized spacial score (nSPS) is 22.6. The summed E-state index contributed by atoms with van der Waals surface area (Å²) in [5.41, 5.74) is 3.83. The van der Waals surface area contributed by atoms with Gasteiger partial charge >= 0.3 is 0 Å². The summed E-state index contributed by atoms with van der Waals surface area (Å²) in [6.07, 6.45) is 14.1. The van der Waals surface area contributed by atoms with Crippen LogP contribution >= 0.6 is 0 Å². The fraction of sp³-hybridized carbons (Fsp3) is 0.318. The van der Waals surface area contributed by atoms with Crippen molar-refractivity contribution in [2.45, 2.75) is 12.2 Å². The van der Waals surface area contributed by atoms with E-state index in [2.05, 4.69) is 66.8 Å². The molecule has 30 heavy (non-hydrogen) atoms. The fourth-order valence-electron chi connectivity index (χ4n) is 4.20. The van der Waals surface area contributed by atoms with Gasteiger partial charge in [-0.2, -0.15) is 10.2 Å². The minimum absolute atomic E-state index is 0.453. The van der Waals surface area contributed by atoms with Gasteiger partial charge in [0.1, 0.15) is 5.69 Å². The Labute approximate surface area is 175 Å². The van der Waals surface area contributed by atoms with E-state index in [4.69, 9.17) is 5.10 Å². The van der Waals surface area contributed by atoms with Gasteiger partial charge in [0.25, 0.3) is 0 Å². The Morgan fingerprint density at radius 2 is 2.03 bits per heavy atom. The molecule has 8 heteroatoms. The molecule has 2 aliphatic heterocycles. The minimum Gasteiger partial charge on any atom is -0.364 e. The van der Waals surface area contributed by atoms with Gasteiger partial charge in [-0.15, -0.1) is 0 Å². The van der Waals surface area contributed by atoms with E-state index in [1.807, 2.05) is 42.6 Å². The second-order valence-electron chi connectivity index (χ2n) is 7.79. The van der Waals surface area contributed by atoms with Crippen molar-refractivity contribution in [3.8, 4) is 0 Å². The van der Waals surface area contributed by atoms with Crippen LogP contribution in [0, 0.1) is 0 Å². The predicted octanol–water partition coefficient (Wildman–Crippen LogP) is 1.71. The van der Waals surface area contributed by atoms with Crippen LogP contribution < -0.4 is 5.32 Å². The fourth-order valence-corrected chi connectivity index (χ4v) is 4.20. The molecule has 154 valence electrons. The topological polar surface area (TPSA) is 77.9 Å². The molecule has 1 atom stereocenters. The number of piperazine rings is 1. The van der Waals surface area contributed by atoms with Crippen molar-refractivity contribution in [2.75, 3.05) is 26.2 Å². The van der Waals surface area contributed by atoms with E-state index < -0.39 is 5.66 Å². The molecule has 1 unspecified atom stereocenters. The van der Waals surface area contributed by atoms with Crippen LogP contribution in [0.4, 0.5) is 0 Å². The molecular weight excluding hydrogens is 376 g/mol. The molecule has 0 spiro atoms. The molecule has 0 radical (unpaired) electrons. The Bertz CT molecular complexity index is 1030. The van der Waals surface area contributed by atoms with Crippen LogP contribution in [0.15, 0.2) is 67.4 Å². The summed E-state index contributed by atoms with van der Waals surface area (Å²) in [4.78, 5) is 9.41. The quantitative estimate of drug-likeness (QED) is 0.677. The van der Waals surface area contributed by atoms with Crippen LogP contribution in [0.2, 0.25) is 0 Å². The number of pyridine rings is 1. The maximum atomic E-state index is 4.75. The summed E-state index contributed by atoms with van der Waals surface area (Å²) in [7, 11) is 1.96. The van der Waals surface area contributed by atoms with Crippen molar-refractivity contribution >= 4 is 5.57 Å². The van der Waals surface area contributed by atoms with Gasteiger partial charge in [-0.05, 0) is 24.3 Å². The number of aryl methyl sites for hydroxylation is 1. The first-order valence-electron chi connectivity index (χ1n) is 10.3. The van der Waals surface area contributed by atoms with Crippen LogP contribution in [0.25, 0.3) is 5.57 Å². The zero-order valence-electron chi connectivity index (χ0n) is 17.1. The Morgan fingerprint density at radius 3 is 2.67 bits per heavy atom. The molecule has 5 heterocycles. The van der Waals surface area contributed by atoms with Crippen molar-refractivity contribution < 1.29 is 0 Å². The van der Waals surface area contributed by atoms with Crippen LogP contribution in [0.3, 0.4) is 0 Å². The van der Waals surface area contributed by atoms with Crippen LogP contribution in [0.1, 0.15) is 17.0 Å². The highest BCUT2D eigenvalue weighted by Gasteiger charge is 2.40. The maximum Gasteiger partial charge on any atom is 0.156 e.